The molecule has 1 aliphatic carbocycles. The van der Waals surface area contributed by atoms with Crippen molar-refractivity contribution < 1.29 is 28.9 Å². The fraction of sp³-hybridized carbons (Fsp3) is 0.222. The molecule has 178 valence electrons. The Bertz CT molecular complexity index is 1460. The van der Waals surface area contributed by atoms with Crippen molar-refractivity contribution in [3.8, 4) is 23.0 Å². The Kier molecular flexibility index (Phi) is 5.64. The SMILES string of the molecule is CNC(=O)c1cccc2cc(Oc3ccnc4cc(OCC5(C(=O)O)CC5)c(OC)cc34)ccc12. The van der Waals surface area contributed by atoms with Crippen LogP contribution in [0.3, 0.4) is 0 Å². The van der Waals surface area contributed by atoms with Crippen LogP contribution >= 0.6 is 0 Å². The van der Waals surface area contributed by atoms with Crippen molar-refractivity contribution >= 4 is 33.6 Å². The van der Waals surface area contributed by atoms with Crippen molar-refractivity contribution in [1.82, 2.24) is 10.3 Å². The molecule has 0 atom stereocenters. The van der Waals surface area contributed by atoms with Crippen LogP contribution in [-0.2, 0) is 4.79 Å². The van der Waals surface area contributed by atoms with E-state index in [0.717, 1.165) is 16.2 Å². The molecule has 0 bridgehead atoms. The number of pyridine rings is 1. The summed E-state index contributed by atoms with van der Waals surface area (Å²) >= 11 is 0. The lowest BCUT2D eigenvalue weighted by Gasteiger charge is -2.16. The van der Waals surface area contributed by atoms with E-state index < -0.39 is 11.4 Å². The van der Waals surface area contributed by atoms with Gasteiger partial charge in [-0.05, 0) is 60.0 Å². The van der Waals surface area contributed by atoms with E-state index in [1.54, 1.807) is 37.5 Å². The minimum Gasteiger partial charge on any atom is -0.493 e. The van der Waals surface area contributed by atoms with Crippen molar-refractivity contribution in [1.29, 1.82) is 0 Å². The molecule has 8 heteroatoms. The molecule has 3 aromatic carbocycles. The van der Waals surface area contributed by atoms with Crippen LogP contribution < -0.4 is 19.5 Å². The smallest absolute Gasteiger partial charge is 0.313 e. The quantitative estimate of drug-likeness (QED) is 0.380. The average molecular weight is 472 g/mol. The third-order valence-corrected chi connectivity index (χ3v) is 6.35. The maximum Gasteiger partial charge on any atom is 0.313 e. The number of ether oxygens (including phenoxy) is 3. The molecule has 1 amide bonds. The molecule has 2 N–H and O–H groups in total. The zero-order chi connectivity index (χ0) is 24.6. The van der Waals surface area contributed by atoms with E-state index in [4.69, 9.17) is 14.2 Å². The number of nitrogens with zero attached hydrogens (tertiary/aromatic N) is 1. The topological polar surface area (TPSA) is 107 Å². The number of fused-ring (bicyclic) bond motifs is 2. The van der Waals surface area contributed by atoms with Crippen LogP contribution in [0.1, 0.15) is 23.2 Å². The number of carbonyl (C=O) groups is 2. The molecule has 0 unspecified atom stereocenters. The Labute approximate surface area is 201 Å². The van der Waals surface area contributed by atoms with E-state index in [1.807, 2.05) is 30.3 Å². The van der Waals surface area contributed by atoms with E-state index in [9.17, 15) is 14.7 Å². The van der Waals surface area contributed by atoms with E-state index in [0.29, 0.717) is 46.9 Å². The zero-order valence-electron chi connectivity index (χ0n) is 19.3. The van der Waals surface area contributed by atoms with Gasteiger partial charge < -0.3 is 24.6 Å². The van der Waals surface area contributed by atoms with Crippen LogP contribution in [-0.4, -0.2) is 42.7 Å². The van der Waals surface area contributed by atoms with Gasteiger partial charge in [-0.25, -0.2) is 0 Å². The Balaban J connectivity index is 1.46. The van der Waals surface area contributed by atoms with Crippen molar-refractivity contribution in [2.45, 2.75) is 12.8 Å². The van der Waals surface area contributed by atoms with Crippen LogP contribution in [0.25, 0.3) is 21.7 Å². The first-order valence-electron chi connectivity index (χ1n) is 11.2. The molecule has 0 aliphatic heterocycles. The summed E-state index contributed by atoms with van der Waals surface area (Å²) in [6, 6.07) is 16.4. The molecule has 1 heterocycles. The van der Waals surface area contributed by atoms with Gasteiger partial charge in [0.2, 0.25) is 0 Å². The molecular weight excluding hydrogens is 448 g/mol. The highest BCUT2D eigenvalue weighted by Crippen LogP contribution is 2.47. The van der Waals surface area contributed by atoms with Gasteiger partial charge in [0.05, 0.1) is 12.6 Å². The first kappa shape index (κ1) is 22.5. The summed E-state index contributed by atoms with van der Waals surface area (Å²) in [5.41, 5.74) is 0.409. The molecule has 4 aromatic rings. The minimum absolute atomic E-state index is 0.0789. The van der Waals surface area contributed by atoms with Crippen LogP contribution in [0.4, 0.5) is 0 Å². The number of benzene rings is 3. The predicted octanol–water partition coefficient (Wildman–Crippen LogP) is 4.79. The number of nitrogens with one attached hydrogen (secondary N) is 1. The van der Waals surface area contributed by atoms with Crippen molar-refractivity contribution in [3.63, 3.8) is 0 Å². The van der Waals surface area contributed by atoms with Gasteiger partial charge in [0.25, 0.3) is 5.91 Å². The number of carbonyl (C=O) groups excluding carboxylic acids is 1. The number of hydrogen-bond acceptors (Lipinski definition) is 6. The highest BCUT2D eigenvalue weighted by molar-refractivity contribution is 6.07. The summed E-state index contributed by atoms with van der Waals surface area (Å²) < 4.78 is 17.6. The first-order valence-corrected chi connectivity index (χ1v) is 11.2. The Hall–Kier alpha value is -4.33. The number of hydrogen-bond donors (Lipinski definition) is 2. The summed E-state index contributed by atoms with van der Waals surface area (Å²) in [4.78, 5) is 28.1. The molecule has 0 spiro atoms. The lowest BCUT2D eigenvalue weighted by atomic mass is 10.0. The van der Waals surface area contributed by atoms with Crippen molar-refractivity contribution in [3.05, 3.63) is 66.4 Å². The normalized spacial score (nSPS) is 13.9. The summed E-state index contributed by atoms with van der Waals surface area (Å²) in [5.74, 6) is 1.09. The fourth-order valence-corrected chi connectivity index (χ4v) is 4.06. The third-order valence-electron chi connectivity index (χ3n) is 6.35. The number of carboxylic acid groups (broad SMARTS) is 1. The summed E-state index contributed by atoms with van der Waals surface area (Å²) in [7, 11) is 3.14. The second-order valence-corrected chi connectivity index (χ2v) is 8.57. The lowest BCUT2D eigenvalue weighted by Crippen LogP contribution is -2.23. The van der Waals surface area contributed by atoms with Crippen molar-refractivity contribution in [2.24, 2.45) is 5.41 Å². The van der Waals surface area contributed by atoms with Crippen LogP contribution in [0.15, 0.2) is 60.8 Å². The van der Waals surface area contributed by atoms with Gasteiger partial charge in [-0.1, -0.05) is 12.1 Å². The molecule has 1 aromatic heterocycles. The number of aromatic nitrogens is 1. The van der Waals surface area contributed by atoms with E-state index in [-0.39, 0.29) is 12.5 Å². The van der Waals surface area contributed by atoms with Gasteiger partial charge in [0.15, 0.2) is 11.5 Å². The molecule has 0 saturated heterocycles. The van der Waals surface area contributed by atoms with Gasteiger partial charge in [-0.3, -0.25) is 14.6 Å². The van der Waals surface area contributed by atoms with Crippen LogP contribution in [0.5, 0.6) is 23.0 Å². The van der Waals surface area contributed by atoms with E-state index in [2.05, 4.69) is 10.3 Å². The van der Waals surface area contributed by atoms with Crippen LogP contribution in [0, 0.1) is 5.41 Å². The fourth-order valence-electron chi connectivity index (χ4n) is 4.06. The standard InChI is InChI=1S/C27H24N2O6/c1-28-25(30)19-5-3-4-16-12-17(6-7-18(16)19)35-22-8-11-29-21-14-24(23(33-2)13-20(21)22)34-15-27(9-10-27)26(31)32/h3-8,11-14H,9-10,15H2,1-2H3,(H,28,30)(H,31,32). The first-order chi connectivity index (χ1) is 16.9. The second kappa shape index (κ2) is 8.79. The summed E-state index contributed by atoms with van der Waals surface area (Å²) in [5, 5.41) is 14.5. The number of carboxylic acids is 1. The molecule has 5 rings (SSSR count). The number of amides is 1. The van der Waals surface area contributed by atoms with E-state index in [1.165, 1.54) is 7.11 Å². The Morgan fingerprint density at radius 2 is 1.86 bits per heavy atom. The second-order valence-electron chi connectivity index (χ2n) is 8.57. The summed E-state index contributed by atoms with van der Waals surface area (Å²) in [6.07, 6.45) is 2.84. The number of methoxy groups -OCH3 is 1. The largest absolute Gasteiger partial charge is 0.493 e. The molecule has 35 heavy (non-hydrogen) atoms. The number of aliphatic carboxylic acids is 1. The third kappa shape index (κ3) is 4.19. The molecular formula is C27H24N2O6. The molecule has 1 fully saturated rings. The van der Waals surface area contributed by atoms with Crippen LogP contribution in [0.2, 0.25) is 0 Å². The van der Waals surface area contributed by atoms with Gasteiger partial charge in [0, 0.05) is 30.3 Å². The molecule has 8 nitrogen and oxygen atoms in total. The van der Waals surface area contributed by atoms with Gasteiger partial charge >= 0.3 is 5.97 Å². The maximum absolute atomic E-state index is 12.2. The number of rotatable bonds is 8. The van der Waals surface area contributed by atoms with Crippen molar-refractivity contribution in [2.75, 3.05) is 20.8 Å². The molecule has 0 radical (unpaired) electrons. The average Bonchev–Trinajstić information content (AvgIpc) is 3.67. The summed E-state index contributed by atoms with van der Waals surface area (Å²) in [6.45, 7) is 0.0789. The Morgan fingerprint density at radius 1 is 1.03 bits per heavy atom. The van der Waals surface area contributed by atoms with Gasteiger partial charge in [0.1, 0.15) is 23.5 Å². The highest BCUT2D eigenvalue weighted by atomic mass is 16.5. The van der Waals surface area contributed by atoms with Gasteiger partial charge in [-0.2, -0.15) is 0 Å². The highest BCUT2D eigenvalue weighted by Gasteiger charge is 2.51. The Morgan fingerprint density at radius 3 is 2.57 bits per heavy atom. The monoisotopic (exact) mass is 472 g/mol. The lowest BCUT2D eigenvalue weighted by molar-refractivity contribution is -0.144. The molecule has 1 saturated carbocycles. The maximum atomic E-state index is 12.2. The zero-order valence-corrected chi connectivity index (χ0v) is 19.3. The van der Waals surface area contributed by atoms with Gasteiger partial charge in [-0.15, -0.1) is 0 Å². The minimum atomic E-state index is -0.844. The predicted molar refractivity (Wildman–Crippen MR) is 131 cm³/mol. The molecule has 1 aliphatic rings. The van der Waals surface area contributed by atoms with E-state index >= 15 is 0 Å².